The van der Waals surface area contributed by atoms with Gasteiger partial charge < -0.3 is 0 Å². The molecule has 72 valence electrons. The van der Waals surface area contributed by atoms with Crippen LogP contribution in [0.4, 0.5) is 0 Å². The lowest BCUT2D eigenvalue weighted by Crippen LogP contribution is -2.34. The van der Waals surface area contributed by atoms with Crippen LogP contribution < -0.4 is 0 Å². The molecule has 1 aliphatic rings. The molecule has 1 saturated carbocycles. The molecule has 0 spiro atoms. The van der Waals surface area contributed by atoms with Crippen molar-refractivity contribution in [2.45, 2.75) is 33.8 Å². The van der Waals surface area contributed by atoms with E-state index in [1.165, 1.54) is 0 Å². The summed E-state index contributed by atoms with van der Waals surface area (Å²) in [7, 11) is 0. The average Bonchev–Trinajstić information content (AvgIpc) is 1.83. The Morgan fingerprint density at radius 3 is 2.00 bits per heavy atom. The first kappa shape index (κ1) is 11.5. The van der Waals surface area contributed by atoms with E-state index >= 15 is 0 Å². The van der Waals surface area contributed by atoms with E-state index in [-0.39, 0.29) is 16.7 Å². The van der Waals surface area contributed by atoms with Gasteiger partial charge in [-0.3, -0.25) is 0 Å². The van der Waals surface area contributed by atoms with Gasteiger partial charge in [0.15, 0.2) is 3.79 Å². The summed E-state index contributed by atoms with van der Waals surface area (Å²) in [5.41, 5.74) is 0. The highest BCUT2D eigenvalue weighted by Gasteiger charge is 2.41. The van der Waals surface area contributed by atoms with E-state index in [9.17, 15) is 0 Å². The van der Waals surface area contributed by atoms with E-state index in [4.69, 9.17) is 58.0 Å². The Hall–Kier alpha value is 1.45. The van der Waals surface area contributed by atoms with Crippen LogP contribution in [-0.4, -0.2) is 14.5 Å². The highest BCUT2D eigenvalue weighted by molar-refractivity contribution is 6.68. The predicted octanol–water partition coefficient (Wildman–Crippen LogP) is 4.37. The van der Waals surface area contributed by atoms with Crippen LogP contribution in [0.5, 0.6) is 0 Å². The van der Waals surface area contributed by atoms with Crippen LogP contribution >= 0.6 is 58.0 Å². The molecule has 0 bridgehead atoms. The summed E-state index contributed by atoms with van der Waals surface area (Å²) in [5.74, 6) is -0.0702. The summed E-state index contributed by atoms with van der Waals surface area (Å²) in [6.07, 6.45) is 2.39. The van der Waals surface area contributed by atoms with Crippen LogP contribution in [0, 0.1) is 5.92 Å². The molecule has 1 rings (SSSR count). The lowest BCUT2D eigenvalue weighted by Gasteiger charge is -2.34. The van der Waals surface area contributed by atoms with Gasteiger partial charge in [0.05, 0.1) is 0 Å². The molecule has 0 aromatic carbocycles. The van der Waals surface area contributed by atoms with Crippen LogP contribution in [-0.2, 0) is 0 Å². The first-order valence-electron chi connectivity index (χ1n) is 3.76. The minimum atomic E-state index is -1.25. The van der Waals surface area contributed by atoms with Crippen LogP contribution in [0.2, 0.25) is 0 Å². The van der Waals surface area contributed by atoms with Gasteiger partial charge in [-0.05, 0) is 19.3 Å². The van der Waals surface area contributed by atoms with Crippen molar-refractivity contribution in [3.05, 3.63) is 0 Å². The van der Waals surface area contributed by atoms with Crippen molar-refractivity contribution >= 4 is 58.0 Å². The normalized spacial score (nSPS) is 38.2. The third-order valence-electron chi connectivity index (χ3n) is 2.13. The molecular formula is C7H9Cl5. The molecule has 0 aromatic heterocycles. The number of hydrogen-bond acceptors (Lipinski definition) is 0. The molecule has 0 radical (unpaired) electrons. The Kier molecular flexibility index (Phi) is 4.14. The fourth-order valence-corrected chi connectivity index (χ4v) is 3.35. The van der Waals surface area contributed by atoms with Gasteiger partial charge in [-0.1, -0.05) is 34.8 Å². The lowest BCUT2D eigenvalue weighted by atomic mass is 9.89. The maximum absolute atomic E-state index is 6.02. The van der Waals surface area contributed by atoms with Crippen LogP contribution in [0.25, 0.3) is 0 Å². The molecule has 12 heavy (non-hydrogen) atoms. The van der Waals surface area contributed by atoms with Gasteiger partial charge in [0, 0.05) is 16.7 Å². The van der Waals surface area contributed by atoms with E-state index in [0.29, 0.717) is 0 Å². The van der Waals surface area contributed by atoms with E-state index in [0.717, 1.165) is 19.3 Å². The first-order valence-corrected chi connectivity index (χ1v) is 5.77. The summed E-state index contributed by atoms with van der Waals surface area (Å²) in [6.45, 7) is 0. The first-order chi connectivity index (χ1) is 5.41. The van der Waals surface area contributed by atoms with Crippen molar-refractivity contribution in [2.24, 2.45) is 5.92 Å². The summed E-state index contributed by atoms with van der Waals surface area (Å²) < 4.78 is -1.25. The number of halogens is 5. The molecule has 0 aliphatic heterocycles. The highest BCUT2D eigenvalue weighted by Crippen LogP contribution is 2.45. The van der Waals surface area contributed by atoms with Gasteiger partial charge in [0.2, 0.25) is 0 Å². The summed E-state index contributed by atoms with van der Waals surface area (Å²) in [5, 5.41) is 0.0184. The minimum Gasteiger partial charge on any atom is -0.123 e. The second kappa shape index (κ2) is 4.31. The Morgan fingerprint density at radius 2 is 1.58 bits per heavy atom. The van der Waals surface area contributed by atoms with Crippen molar-refractivity contribution in [3.63, 3.8) is 0 Å². The molecule has 3 atom stereocenters. The fraction of sp³-hybridized carbons (Fsp3) is 1.00. The second-order valence-corrected chi connectivity index (χ2v) is 6.62. The molecule has 1 aliphatic carbocycles. The maximum atomic E-state index is 6.02. The molecule has 0 saturated heterocycles. The number of hydrogen-bond donors (Lipinski definition) is 0. The quantitative estimate of drug-likeness (QED) is 0.573. The SMILES string of the molecule is ClC1CCC(C(Cl)(Cl)Cl)C(Cl)C1. The zero-order chi connectivity index (χ0) is 9.35. The summed E-state index contributed by atoms with van der Waals surface area (Å²) >= 11 is 29.2. The Morgan fingerprint density at radius 1 is 1.00 bits per heavy atom. The van der Waals surface area contributed by atoms with Gasteiger partial charge in [0.25, 0.3) is 0 Å². The largest absolute Gasteiger partial charge is 0.194 e. The predicted molar refractivity (Wildman–Crippen MR) is 56.9 cm³/mol. The Labute approximate surface area is 97.4 Å². The smallest absolute Gasteiger partial charge is 0.123 e. The van der Waals surface area contributed by atoms with Crippen LogP contribution in [0.1, 0.15) is 19.3 Å². The lowest BCUT2D eigenvalue weighted by molar-refractivity contribution is 0.374. The number of rotatable bonds is 0. The maximum Gasteiger partial charge on any atom is 0.194 e. The van der Waals surface area contributed by atoms with Gasteiger partial charge in [0.1, 0.15) is 0 Å². The minimum absolute atomic E-state index is 0.0702. The third kappa shape index (κ3) is 2.99. The summed E-state index contributed by atoms with van der Waals surface area (Å²) in [4.78, 5) is 0. The van der Waals surface area contributed by atoms with E-state index in [1.54, 1.807) is 0 Å². The van der Waals surface area contributed by atoms with Crippen LogP contribution in [0.3, 0.4) is 0 Å². The third-order valence-corrected chi connectivity index (χ3v) is 3.85. The standard InChI is InChI=1S/C7H9Cl5/c8-4-1-2-5(6(9)3-4)7(10,11)12/h4-6H,1-3H2. The Balaban J connectivity index is 2.57. The average molecular weight is 270 g/mol. The van der Waals surface area contributed by atoms with E-state index in [1.807, 2.05) is 0 Å². The van der Waals surface area contributed by atoms with E-state index in [2.05, 4.69) is 0 Å². The van der Waals surface area contributed by atoms with Crippen molar-refractivity contribution in [1.29, 1.82) is 0 Å². The molecule has 0 amide bonds. The zero-order valence-electron chi connectivity index (χ0n) is 6.24. The monoisotopic (exact) mass is 268 g/mol. The van der Waals surface area contributed by atoms with Gasteiger partial charge in [-0.2, -0.15) is 0 Å². The van der Waals surface area contributed by atoms with Crippen LogP contribution in [0.15, 0.2) is 0 Å². The van der Waals surface area contributed by atoms with Gasteiger partial charge in [-0.15, -0.1) is 23.2 Å². The van der Waals surface area contributed by atoms with Crippen molar-refractivity contribution in [3.8, 4) is 0 Å². The molecule has 0 N–H and O–H groups in total. The molecule has 0 nitrogen and oxygen atoms in total. The van der Waals surface area contributed by atoms with Crippen molar-refractivity contribution in [2.75, 3.05) is 0 Å². The topological polar surface area (TPSA) is 0 Å². The molecular weight excluding hydrogens is 261 g/mol. The van der Waals surface area contributed by atoms with Gasteiger partial charge in [-0.25, -0.2) is 0 Å². The number of alkyl halides is 5. The Bertz CT molecular complexity index is 152. The molecule has 1 fully saturated rings. The fourth-order valence-electron chi connectivity index (χ4n) is 1.44. The summed E-state index contributed by atoms with van der Waals surface area (Å²) in [6, 6.07) is 0. The molecule has 3 unspecified atom stereocenters. The van der Waals surface area contributed by atoms with E-state index < -0.39 is 3.79 Å². The second-order valence-electron chi connectivity index (χ2n) is 3.07. The van der Waals surface area contributed by atoms with Gasteiger partial charge >= 0.3 is 0 Å². The molecule has 5 heteroatoms. The molecule has 0 aromatic rings. The molecule has 0 heterocycles. The zero-order valence-corrected chi connectivity index (χ0v) is 10.0. The van der Waals surface area contributed by atoms with Crippen molar-refractivity contribution < 1.29 is 0 Å². The van der Waals surface area contributed by atoms with Crippen molar-refractivity contribution in [1.82, 2.24) is 0 Å². The highest BCUT2D eigenvalue weighted by atomic mass is 35.6.